The van der Waals surface area contributed by atoms with Gasteiger partial charge in [0.2, 0.25) is 5.91 Å². The average Bonchev–Trinajstić information content (AvgIpc) is 2.68. The van der Waals surface area contributed by atoms with Crippen LogP contribution in [-0.4, -0.2) is 32.3 Å². The summed E-state index contributed by atoms with van der Waals surface area (Å²) in [6.45, 7) is 6.11. The zero-order valence-electron chi connectivity index (χ0n) is 17.1. The molecule has 0 aliphatic heterocycles. The molecular weight excluding hydrogens is 372 g/mol. The molecule has 0 atom stereocenters. The van der Waals surface area contributed by atoms with E-state index >= 15 is 0 Å². The van der Waals surface area contributed by atoms with Crippen molar-refractivity contribution in [1.82, 2.24) is 0 Å². The lowest BCUT2D eigenvalue weighted by molar-refractivity contribution is -0.114. The molecule has 2 aromatic rings. The first-order chi connectivity index (χ1) is 13.9. The SMILES string of the molecule is COCCOC(=O)Nc1ccc(N=Nc2ccc(NC(C)=O)c(C(C)C)c2)cc1. The quantitative estimate of drug-likeness (QED) is 0.460. The van der Waals surface area contributed by atoms with E-state index in [-0.39, 0.29) is 18.4 Å². The summed E-state index contributed by atoms with van der Waals surface area (Å²) in [6.07, 6.45) is -0.545. The third-order valence-electron chi connectivity index (χ3n) is 3.88. The first-order valence-electron chi connectivity index (χ1n) is 9.25. The van der Waals surface area contributed by atoms with Crippen molar-refractivity contribution >= 4 is 34.7 Å². The largest absolute Gasteiger partial charge is 0.447 e. The highest BCUT2D eigenvalue weighted by Gasteiger charge is 2.09. The molecule has 0 aromatic heterocycles. The summed E-state index contributed by atoms with van der Waals surface area (Å²) < 4.78 is 9.76. The maximum absolute atomic E-state index is 11.6. The number of methoxy groups -OCH3 is 1. The second-order valence-electron chi connectivity index (χ2n) is 6.61. The molecule has 154 valence electrons. The average molecular weight is 398 g/mol. The van der Waals surface area contributed by atoms with Crippen molar-refractivity contribution in [2.75, 3.05) is 31.0 Å². The van der Waals surface area contributed by atoms with Gasteiger partial charge in [-0.25, -0.2) is 4.79 Å². The van der Waals surface area contributed by atoms with Crippen LogP contribution in [0, 0.1) is 0 Å². The van der Waals surface area contributed by atoms with Crippen LogP contribution in [0.15, 0.2) is 52.7 Å². The minimum absolute atomic E-state index is 0.113. The predicted molar refractivity (Wildman–Crippen MR) is 112 cm³/mol. The predicted octanol–water partition coefficient (Wildman–Crippen LogP) is 5.38. The van der Waals surface area contributed by atoms with E-state index in [1.165, 1.54) is 14.0 Å². The van der Waals surface area contributed by atoms with Gasteiger partial charge < -0.3 is 14.8 Å². The fraction of sp³-hybridized carbons (Fsp3) is 0.333. The van der Waals surface area contributed by atoms with Crippen LogP contribution in [-0.2, 0) is 14.3 Å². The van der Waals surface area contributed by atoms with Crippen molar-refractivity contribution in [3.05, 3.63) is 48.0 Å². The lowest BCUT2D eigenvalue weighted by Crippen LogP contribution is -2.16. The Hall–Kier alpha value is -3.26. The zero-order valence-corrected chi connectivity index (χ0v) is 17.1. The molecule has 0 aliphatic carbocycles. The molecule has 2 N–H and O–H groups in total. The van der Waals surface area contributed by atoms with Crippen LogP contribution in [0.5, 0.6) is 0 Å². The molecule has 8 heteroatoms. The molecule has 0 heterocycles. The van der Waals surface area contributed by atoms with Crippen LogP contribution in [0.4, 0.5) is 27.5 Å². The van der Waals surface area contributed by atoms with Gasteiger partial charge in [0.1, 0.15) is 6.61 Å². The third-order valence-corrected chi connectivity index (χ3v) is 3.88. The van der Waals surface area contributed by atoms with Crippen molar-refractivity contribution in [3.63, 3.8) is 0 Å². The number of carbonyl (C=O) groups excluding carboxylic acids is 2. The Bertz CT molecular complexity index is 863. The lowest BCUT2D eigenvalue weighted by Gasteiger charge is -2.13. The molecule has 29 heavy (non-hydrogen) atoms. The van der Waals surface area contributed by atoms with E-state index < -0.39 is 6.09 Å². The lowest BCUT2D eigenvalue weighted by atomic mass is 10.0. The van der Waals surface area contributed by atoms with Gasteiger partial charge in [-0.3, -0.25) is 10.1 Å². The maximum atomic E-state index is 11.6. The Kier molecular flexibility index (Phi) is 8.29. The molecule has 8 nitrogen and oxygen atoms in total. The molecule has 2 amide bonds. The topological polar surface area (TPSA) is 101 Å². The molecule has 2 rings (SSSR count). The zero-order chi connectivity index (χ0) is 21.2. The van der Waals surface area contributed by atoms with E-state index in [1.54, 1.807) is 30.3 Å². The number of hydrogen-bond donors (Lipinski definition) is 2. The molecule has 0 unspecified atom stereocenters. The van der Waals surface area contributed by atoms with Gasteiger partial charge >= 0.3 is 6.09 Å². The molecule has 0 bridgehead atoms. The first kappa shape index (κ1) is 22.0. The van der Waals surface area contributed by atoms with Crippen molar-refractivity contribution in [2.24, 2.45) is 10.2 Å². The molecule has 0 fully saturated rings. The van der Waals surface area contributed by atoms with E-state index in [4.69, 9.17) is 9.47 Å². The summed E-state index contributed by atoms with van der Waals surface area (Å²) in [7, 11) is 1.54. The Labute approximate surface area is 170 Å². The van der Waals surface area contributed by atoms with Crippen molar-refractivity contribution < 1.29 is 19.1 Å². The highest BCUT2D eigenvalue weighted by atomic mass is 16.6. The number of hydrogen-bond acceptors (Lipinski definition) is 6. The normalized spacial score (nSPS) is 10.9. The second-order valence-corrected chi connectivity index (χ2v) is 6.61. The number of carbonyl (C=O) groups is 2. The fourth-order valence-electron chi connectivity index (χ4n) is 2.49. The van der Waals surface area contributed by atoms with Crippen LogP contribution in [0.25, 0.3) is 0 Å². The van der Waals surface area contributed by atoms with Gasteiger partial charge in [-0.15, -0.1) is 0 Å². The van der Waals surface area contributed by atoms with Gasteiger partial charge in [0, 0.05) is 25.4 Å². The number of nitrogens with zero attached hydrogens (tertiary/aromatic N) is 2. The van der Waals surface area contributed by atoms with Crippen LogP contribution < -0.4 is 10.6 Å². The molecule has 0 radical (unpaired) electrons. The van der Waals surface area contributed by atoms with Crippen LogP contribution in [0.3, 0.4) is 0 Å². The van der Waals surface area contributed by atoms with Gasteiger partial charge in [-0.2, -0.15) is 10.2 Å². The summed E-state index contributed by atoms with van der Waals surface area (Å²) in [5, 5.41) is 13.9. The highest BCUT2D eigenvalue weighted by molar-refractivity contribution is 5.90. The van der Waals surface area contributed by atoms with Crippen LogP contribution in [0.1, 0.15) is 32.3 Å². The Morgan fingerprint density at radius 2 is 1.62 bits per heavy atom. The number of anilines is 2. The van der Waals surface area contributed by atoms with Gasteiger partial charge in [-0.05, 0) is 53.9 Å². The summed E-state index contributed by atoms with van der Waals surface area (Å²) in [6, 6.07) is 12.4. The minimum Gasteiger partial charge on any atom is -0.447 e. The monoisotopic (exact) mass is 398 g/mol. The number of azo groups is 1. The first-order valence-corrected chi connectivity index (χ1v) is 9.25. The van der Waals surface area contributed by atoms with Crippen molar-refractivity contribution in [1.29, 1.82) is 0 Å². The third kappa shape index (κ3) is 7.34. The fourth-order valence-corrected chi connectivity index (χ4v) is 2.49. The second kappa shape index (κ2) is 10.9. The van der Waals surface area contributed by atoms with Gasteiger partial charge in [0.25, 0.3) is 0 Å². The molecule has 0 aliphatic rings. The van der Waals surface area contributed by atoms with Crippen molar-refractivity contribution in [2.45, 2.75) is 26.7 Å². The molecule has 0 saturated carbocycles. The van der Waals surface area contributed by atoms with Crippen LogP contribution >= 0.6 is 0 Å². The maximum Gasteiger partial charge on any atom is 0.411 e. The summed E-state index contributed by atoms with van der Waals surface area (Å²) >= 11 is 0. The smallest absolute Gasteiger partial charge is 0.411 e. The van der Waals surface area contributed by atoms with Crippen LogP contribution in [0.2, 0.25) is 0 Å². The molecule has 0 spiro atoms. The number of nitrogens with one attached hydrogen (secondary N) is 2. The number of benzene rings is 2. The number of ether oxygens (including phenoxy) is 2. The summed E-state index contributed by atoms with van der Waals surface area (Å²) in [5.41, 5.74) is 3.68. The molecule has 0 saturated heterocycles. The molecular formula is C21H26N4O4. The Morgan fingerprint density at radius 3 is 2.24 bits per heavy atom. The minimum atomic E-state index is -0.545. The number of rotatable bonds is 8. The van der Waals surface area contributed by atoms with E-state index in [0.717, 1.165) is 11.3 Å². The van der Waals surface area contributed by atoms with E-state index in [0.29, 0.717) is 23.7 Å². The van der Waals surface area contributed by atoms with Gasteiger partial charge in [0.05, 0.1) is 18.0 Å². The van der Waals surface area contributed by atoms with E-state index in [1.807, 2.05) is 26.0 Å². The Balaban J connectivity index is 2.03. The van der Waals surface area contributed by atoms with Gasteiger partial charge in [-0.1, -0.05) is 13.8 Å². The summed E-state index contributed by atoms with van der Waals surface area (Å²) in [5.74, 6) is 0.110. The van der Waals surface area contributed by atoms with E-state index in [2.05, 4.69) is 20.9 Å². The summed E-state index contributed by atoms with van der Waals surface area (Å²) in [4.78, 5) is 23.0. The van der Waals surface area contributed by atoms with Gasteiger partial charge in [0.15, 0.2) is 0 Å². The van der Waals surface area contributed by atoms with E-state index in [9.17, 15) is 9.59 Å². The molecule has 2 aromatic carbocycles. The number of amides is 2. The van der Waals surface area contributed by atoms with Crippen molar-refractivity contribution in [3.8, 4) is 0 Å². The Morgan fingerprint density at radius 1 is 0.966 bits per heavy atom. The standard InChI is InChI=1S/C21H26N4O4/c1-14(2)19-13-18(9-10-20(19)22-15(3)26)25-24-17-7-5-16(6-8-17)23-21(27)29-12-11-28-4/h5-10,13-14H,11-12H2,1-4H3,(H,22,26)(H,23,27). The highest BCUT2D eigenvalue weighted by Crippen LogP contribution is 2.30.